The van der Waals surface area contributed by atoms with E-state index in [9.17, 15) is 19.7 Å². The summed E-state index contributed by atoms with van der Waals surface area (Å²) in [6.45, 7) is 0.130. The quantitative estimate of drug-likeness (QED) is 0.479. The molecule has 0 saturated carbocycles. The number of amides is 1. The van der Waals surface area contributed by atoms with Gasteiger partial charge in [0, 0.05) is 19.0 Å². The van der Waals surface area contributed by atoms with Gasteiger partial charge in [0.1, 0.15) is 0 Å². The highest BCUT2D eigenvalue weighted by Crippen LogP contribution is 2.34. The zero-order chi connectivity index (χ0) is 14.9. The van der Waals surface area contributed by atoms with Gasteiger partial charge in [-0.25, -0.2) is 0 Å². The molecule has 106 valence electrons. The number of nitrogens with zero attached hydrogens (tertiary/aromatic N) is 2. The fourth-order valence-electron chi connectivity index (χ4n) is 2.10. The Kier molecular flexibility index (Phi) is 3.89. The van der Waals surface area contributed by atoms with Gasteiger partial charge in [-0.2, -0.15) is 0 Å². The first kappa shape index (κ1) is 14.3. The molecule has 8 heteroatoms. The Bertz CT molecular complexity index is 589. The molecule has 0 aliphatic carbocycles. The number of hydrogen-bond acceptors (Lipinski definition) is 5. The number of carbonyl (C=O) groups is 2. The molecule has 1 aromatic rings. The van der Waals surface area contributed by atoms with Crippen LogP contribution in [0, 0.1) is 16.0 Å². The second kappa shape index (κ2) is 5.46. The highest BCUT2D eigenvalue weighted by molar-refractivity contribution is 6.64. The van der Waals surface area contributed by atoms with Crippen molar-refractivity contribution in [2.45, 2.75) is 6.42 Å². The summed E-state index contributed by atoms with van der Waals surface area (Å²) in [5.74, 6) is -0.760. The van der Waals surface area contributed by atoms with Crippen LogP contribution >= 0.6 is 11.6 Å². The summed E-state index contributed by atoms with van der Waals surface area (Å²) in [6.07, 6.45) is 0.0160. The molecule has 7 nitrogen and oxygen atoms in total. The Hall–Kier alpha value is -2.15. The van der Waals surface area contributed by atoms with E-state index in [1.807, 2.05) is 0 Å². The predicted octanol–water partition coefficient (Wildman–Crippen LogP) is 1.72. The van der Waals surface area contributed by atoms with Gasteiger partial charge in [0.2, 0.25) is 11.1 Å². The van der Waals surface area contributed by atoms with Crippen molar-refractivity contribution in [3.8, 4) is 5.75 Å². The molecule has 0 radical (unpaired) electrons. The Morgan fingerprint density at radius 3 is 2.75 bits per heavy atom. The molecule has 20 heavy (non-hydrogen) atoms. The maximum absolute atomic E-state index is 11.8. The van der Waals surface area contributed by atoms with Gasteiger partial charge in [0.05, 0.1) is 23.6 Å². The lowest BCUT2D eigenvalue weighted by molar-refractivity contribution is -0.385. The molecule has 1 saturated heterocycles. The molecule has 2 rings (SSSR count). The van der Waals surface area contributed by atoms with Crippen molar-refractivity contribution in [2.75, 3.05) is 18.6 Å². The Balaban J connectivity index is 2.34. The van der Waals surface area contributed by atoms with E-state index in [0.717, 1.165) is 0 Å². The molecule has 1 unspecified atom stereocenters. The fraction of sp³-hybridized carbons (Fsp3) is 0.333. The van der Waals surface area contributed by atoms with Crippen LogP contribution in [0.1, 0.15) is 6.42 Å². The van der Waals surface area contributed by atoms with E-state index in [0.29, 0.717) is 5.69 Å². The van der Waals surface area contributed by atoms with Crippen LogP contribution in [0.3, 0.4) is 0 Å². The average Bonchev–Trinajstić information content (AvgIpc) is 2.80. The van der Waals surface area contributed by atoms with Gasteiger partial charge < -0.3 is 9.64 Å². The SMILES string of the molecule is COc1ccc(N2CC(C(=O)Cl)CC2=O)cc1[N+](=O)[O-]. The first-order valence-corrected chi connectivity index (χ1v) is 6.14. The molecular weight excluding hydrogens is 288 g/mol. The minimum atomic E-state index is -0.590. The van der Waals surface area contributed by atoms with E-state index in [-0.39, 0.29) is 30.3 Å². The molecule has 0 bridgehead atoms. The topological polar surface area (TPSA) is 89.8 Å². The lowest BCUT2D eigenvalue weighted by atomic mass is 10.1. The van der Waals surface area contributed by atoms with E-state index >= 15 is 0 Å². The largest absolute Gasteiger partial charge is 0.490 e. The van der Waals surface area contributed by atoms with Crippen molar-refractivity contribution in [3.63, 3.8) is 0 Å². The van der Waals surface area contributed by atoms with Crippen molar-refractivity contribution in [3.05, 3.63) is 28.3 Å². The third kappa shape index (κ3) is 2.57. The zero-order valence-corrected chi connectivity index (χ0v) is 11.3. The molecule has 1 aliphatic heterocycles. The van der Waals surface area contributed by atoms with Crippen LogP contribution in [0.2, 0.25) is 0 Å². The summed E-state index contributed by atoms with van der Waals surface area (Å²) in [5, 5.41) is 10.4. The second-order valence-electron chi connectivity index (χ2n) is 4.32. The summed E-state index contributed by atoms with van der Waals surface area (Å²) >= 11 is 5.39. The lowest BCUT2D eigenvalue weighted by Gasteiger charge is -2.16. The number of methoxy groups -OCH3 is 1. The van der Waals surface area contributed by atoms with E-state index < -0.39 is 16.1 Å². The number of carbonyl (C=O) groups excluding carboxylic acids is 2. The third-order valence-corrected chi connectivity index (χ3v) is 3.43. The predicted molar refractivity (Wildman–Crippen MR) is 71.0 cm³/mol. The van der Waals surface area contributed by atoms with Crippen molar-refractivity contribution in [1.82, 2.24) is 0 Å². The number of nitro benzene ring substituents is 1. The molecule has 1 amide bonds. The summed E-state index contributed by atoms with van der Waals surface area (Å²) in [4.78, 5) is 34.6. The van der Waals surface area contributed by atoms with Gasteiger partial charge in [-0.1, -0.05) is 0 Å². The number of benzene rings is 1. The molecule has 0 spiro atoms. The summed E-state index contributed by atoms with van der Waals surface area (Å²) in [6, 6.07) is 4.19. The molecule has 1 aromatic carbocycles. The molecule has 1 atom stereocenters. The maximum Gasteiger partial charge on any atom is 0.312 e. The van der Waals surface area contributed by atoms with Gasteiger partial charge in [-0.3, -0.25) is 19.7 Å². The number of nitro groups is 1. The fourth-order valence-corrected chi connectivity index (χ4v) is 2.24. The lowest BCUT2D eigenvalue weighted by Crippen LogP contribution is -2.25. The van der Waals surface area contributed by atoms with Gasteiger partial charge >= 0.3 is 5.69 Å². The summed E-state index contributed by atoms with van der Waals surface area (Å²) in [7, 11) is 1.32. The van der Waals surface area contributed by atoms with Crippen LogP contribution in [-0.4, -0.2) is 29.7 Å². The van der Waals surface area contributed by atoms with Crippen LogP contribution in [-0.2, 0) is 9.59 Å². The van der Waals surface area contributed by atoms with Gasteiger partial charge in [0.15, 0.2) is 5.75 Å². The number of anilines is 1. The van der Waals surface area contributed by atoms with E-state index in [1.165, 1.54) is 30.2 Å². The molecule has 0 aromatic heterocycles. The van der Waals surface area contributed by atoms with Gasteiger partial charge in [-0.05, 0) is 23.7 Å². The Labute approximate surface area is 119 Å². The maximum atomic E-state index is 11.8. The standard InChI is InChI=1S/C12H11ClN2O5/c1-20-10-3-2-8(5-9(10)15(18)19)14-6-7(12(13)17)4-11(14)16/h2-3,5,7H,4,6H2,1H3. The summed E-state index contributed by atoms with van der Waals surface area (Å²) in [5.41, 5.74) is 0.112. The summed E-state index contributed by atoms with van der Waals surface area (Å²) < 4.78 is 4.89. The normalized spacial score (nSPS) is 18.2. The number of hydrogen-bond donors (Lipinski definition) is 0. The highest BCUT2D eigenvalue weighted by Gasteiger charge is 2.35. The van der Waals surface area contributed by atoms with E-state index in [2.05, 4.69) is 0 Å². The van der Waals surface area contributed by atoms with Crippen molar-refractivity contribution < 1.29 is 19.2 Å². The first-order chi connectivity index (χ1) is 9.43. The van der Waals surface area contributed by atoms with Gasteiger partial charge in [-0.15, -0.1) is 0 Å². The Morgan fingerprint density at radius 2 is 2.25 bits per heavy atom. The van der Waals surface area contributed by atoms with Crippen molar-refractivity contribution in [1.29, 1.82) is 0 Å². The minimum absolute atomic E-state index is 0.0160. The number of halogens is 1. The highest BCUT2D eigenvalue weighted by atomic mass is 35.5. The van der Waals surface area contributed by atoms with Gasteiger partial charge in [0.25, 0.3) is 0 Å². The first-order valence-electron chi connectivity index (χ1n) is 5.76. The van der Waals surface area contributed by atoms with Crippen molar-refractivity contribution >= 4 is 34.1 Å². The molecule has 1 aliphatic rings. The molecule has 1 fully saturated rings. The third-order valence-electron chi connectivity index (χ3n) is 3.12. The Morgan fingerprint density at radius 1 is 1.55 bits per heavy atom. The van der Waals surface area contributed by atoms with E-state index in [1.54, 1.807) is 0 Å². The molecule has 0 N–H and O–H groups in total. The smallest absolute Gasteiger partial charge is 0.312 e. The zero-order valence-electron chi connectivity index (χ0n) is 10.5. The number of ether oxygens (including phenoxy) is 1. The molecule has 1 heterocycles. The van der Waals surface area contributed by atoms with Crippen LogP contribution in [0.15, 0.2) is 18.2 Å². The second-order valence-corrected chi connectivity index (χ2v) is 4.70. The van der Waals surface area contributed by atoms with Crippen LogP contribution in [0.25, 0.3) is 0 Å². The van der Waals surface area contributed by atoms with Crippen LogP contribution in [0.4, 0.5) is 11.4 Å². The number of rotatable bonds is 4. The average molecular weight is 299 g/mol. The monoisotopic (exact) mass is 298 g/mol. The van der Waals surface area contributed by atoms with E-state index in [4.69, 9.17) is 16.3 Å². The van der Waals surface area contributed by atoms with Crippen molar-refractivity contribution in [2.24, 2.45) is 5.92 Å². The molecular formula is C12H11ClN2O5. The van der Waals surface area contributed by atoms with Crippen LogP contribution < -0.4 is 9.64 Å². The minimum Gasteiger partial charge on any atom is -0.490 e. The van der Waals surface area contributed by atoms with Crippen LogP contribution in [0.5, 0.6) is 5.75 Å².